The van der Waals surface area contributed by atoms with E-state index in [0.717, 1.165) is 15.4 Å². The van der Waals surface area contributed by atoms with Gasteiger partial charge in [-0.3, -0.25) is 29.3 Å². The molecular weight excluding hydrogens is 352 g/mol. The lowest BCUT2D eigenvalue weighted by Crippen LogP contribution is -2.53. The van der Waals surface area contributed by atoms with E-state index in [1.165, 1.54) is 4.90 Å². The van der Waals surface area contributed by atoms with Gasteiger partial charge in [-0.15, -0.1) is 0 Å². The number of piperidine rings is 1. The molecule has 112 valence electrons. The molecule has 1 aromatic heterocycles. The Hall–Kier alpha value is -2.22. The summed E-state index contributed by atoms with van der Waals surface area (Å²) >= 11 is 3.46. The topological polar surface area (TPSA) is 84.3 Å². The van der Waals surface area contributed by atoms with E-state index in [-0.39, 0.29) is 18.2 Å². The Kier molecular flexibility index (Phi) is 2.68. The van der Waals surface area contributed by atoms with E-state index in [1.54, 1.807) is 17.8 Å². The van der Waals surface area contributed by atoms with Gasteiger partial charge in [-0.25, -0.2) is 0 Å². The first-order valence-corrected chi connectivity index (χ1v) is 7.61. The van der Waals surface area contributed by atoms with E-state index in [9.17, 15) is 14.4 Å². The smallest absolute Gasteiger partial charge is 0.280 e. The van der Waals surface area contributed by atoms with Crippen LogP contribution < -0.4 is 10.2 Å². The quantitative estimate of drug-likeness (QED) is 0.770. The van der Waals surface area contributed by atoms with Gasteiger partial charge in [-0.1, -0.05) is 0 Å². The zero-order chi connectivity index (χ0) is 15.6. The number of aryl methyl sites for hydroxylation is 1. The minimum absolute atomic E-state index is 0.227. The third-order valence-electron chi connectivity index (χ3n) is 4.12. The van der Waals surface area contributed by atoms with Crippen LogP contribution in [0.5, 0.6) is 0 Å². The number of amides is 3. The van der Waals surface area contributed by atoms with Crippen LogP contribution in [0.2, 0.25) is 0 Å². The van der Waals surface area contributed by atoms with Crippen LogP contribution in [-0.2, 0) is 16.6 Å². The molecule has 0 aliphatic carbocycles. The normalized spacial score (nSPS) is 20.9. The molecule has 8 heteroatoms. The molecule has 7 nitrogen and oxygen atoms in total. The van der Waals surface area contributed by atoms with Gasteiger partial charge in [0, 0.05) is 17.9 Å². The van der Waals surface area contributed by atoms with Crippen LogP contribution in [0, 0.1) is 0 Å². The number of carbonyl (C=O) groups is 3. The molecule has 1 atom stereocenters. The van der Waals surface area contributed by atoms with Gasteiger partial charge in [0.15, 0.2) is 5.69 Å². The summed E-state index contributed by atoms with van der Waals surface area (Å²) in [5.74, 6) is -1.03. The molecular formula is C14H11BrN4O3. The molecule has 3 amide bonds. The van der Waals surface area contributed by atoms with Gasteiger partial charge in [0.2, 0.25) is 11.8 Å². The summed E-state index contributed by atoms with van der Waals surface area (Å²) in [6.07, 6.45) is 0.551. The number of anilines is 1. The summed E-state index contributed by atoms with van der Waals surface area (Å²) in [5, 5.41) is 7.32. The van der Waals surface area contributed by atoms with Gasteiger partial charge in [0.25, 0.3) is 5.91 Å². The number of rotatable bonds is 1. The number of hydrogen-bond donors (Lipinski definition) is 1. The first kappa shape index (κ1) is 13.4. The summed E-state index contributed by atoms with van der Waals surface area (Å²) in [4.78, 5) is 37.6. The van der Waals surface area contributed by atoms with Crippen LogP contribution in [0.15, 0.2) is 16.6 Å². The van der Waals surface area contributed by atoms with Gasteiger partial charge in [-0.05, 0) is 34.5 Å². The summed E-state index contributed by atoms with van der Waals surface area (Å²) in [5.41, 5.74) is 1.83. The number of nitrogens with one attached hydrogen (secondary N) is 1. The Bertz CT molecular complexity index is 873. The number of carbonyl (C=O) groups excluding carboxylic acids is 3. The van der Waals surface area contributed by atoms with Crippen LogP contribution in [0.1, 0.15) is 23.3 Å². The van der Waals surface area contributed by atoms with Crippen molar-refractivity contribution in [3.8, 4) is 0 Å². The molecule has 1 unspecified atom stereocenters. The van der Waals surface area contributed by atoms with Crippen molar-refractivity contribution < 1.29 is 14.4 Å². The van der Waals surface area contributed by atoms with Crippen LogP contribution >= 0.6 is 15.9 Å². The lowest BCUT2D eigenvalue weighted by Gasteiger charge is -2.30. The third kappa shape index (κ3) is 1.61. The van der Waals surface area contributed by atoms with Crippen molar-refractivity contribution in [3.05, 3.63) is 22.3 Å². The summed E-state index contributed by atoms with van der Waals surface area (Å²) in [6.45, 7) is 0. The van der Waals surface area contributed by atoms with Gasteiger partial charge in [0.1, 0.15) is 6.04 Å². The molecule has 1 saturated heterocycles. The average molecular weight is 363 g/mol. The number of hydrogen-bond acceptors (Lipinski definition) is 4. The highest BCUT2D eigenvalue weighted by molar-refractivity contribution is 9.10. The predicted molar refractivity (Wildman–Crippen MR) is 81.4 cm³/mol. The van der Waals surface area contributed by atoms with Gasteiger partial charge in [-0.2, -0.15) is 5.10 Å². The fourth-order valence-electron chi connectivity index (χ4n) is 3.17. The molecule has 1 N–H and O–H groups in total. The van der Waals surface area contributed by atoms with Crippen molar-refractivity contribution >= 4 is 50.2 Å². The van der Waals surface area contributed by atoms with Crippen molar-refractivity contribution in [2.24, 2.45) is 7.05 Å². The van der Waals surface area contributed by atoms with E-state index in [0.29, 0.717) is 17.8 Å². The minimum Gasteiger partial charge on any atom is -0.295 e. The first-order chi connectivity index (χ1) is 10.5. The second-order valence-corrected chi connectivity index (χ2v) is 6.26. The summed E-state index contributed by atoms with van der Waals surface area (Å²) < 4.78 is 2.49. The second kappa shape index (κ2) is 4.39. The highest BCUT2D eigenvalue weighted by Gasteiger charge is 2.42. The minimum atomic E-state index is -0.672. The van der Waals surface area contributed by atoms with Crippen molar-refractivity contribution in [1.29, 1.82) is 0 Å². The Morgan fingerprint density at radius 2 is 2.09 bits per heavy atom. The van der Waals surface area contributed by atoms with Crippen LogP contribution in [0.25, 0.3) is 10.9 Å². The number of nitrogens with zero attached hydrogens (tertiary/aromatic N) is 3. The lowest BCUT2D eigenvalue weighted by atomic mass is 10.0. The van der Waals surface area contributed by atoms with E-state index in [1.807, 2.05) is 6.07 Å². The predicted octanol–water partition coefficient (Wildman–Crippen LogP) is 1.10. The Morgan fingerprint density at radius 1 is 1.32 bits per heavy atom. The van der Waals surface area contributed by atoms with Crippen molar-refractivity contribution in [3.63, 3.8) is 0 Å². The Morgan fingerprint density at radius 3 is 2.82 bits per heavy atom. The maximum absolute atomic E-state index is 12.7. The lowest BCUT2D eigenvalue weighted by molar-refractivity contribution is -0.134. The Balaban J connectivity index is 1.88. The fraction of sp³-hybridized carbons (Fsp3) is 0.286. The van der Waals surface area contributed by atoms with E-state index in [4.69, 9.17) is 0 Å². The molecule has 2 aliphatic rings. The molecule has 4 rings (SSSR count). The molecule has 22 heavy (non-hydrogen) atoms. The van der Waals surface area contributed by atoms with Gasteiger partial charge >= 0.3 is 0 Å². The maximum atomic E-state index is 12.7. The molecule has 2 aromatic rings. The number of imide groups is 1. The molecule has 0 saturated carbocycles. The molecule has 1 aromatic carbocycles. The van der Waals surface area contributed by atoms with Crippen LogP contribution in [-0.4, -0.2) is 33.5 Å². The zero-order valence-electron chi connectivity index (χ0n) is 11.6. The molecule has 0 radical (unpaired) electrons. The molecule has 3 heterocycles. The maximum Gasteiger partial charge on any atom is 0.280 e. The highest BCUT2D eigenvalue weighted by atomic mass is 79.9. The third-order valence-corrected chi connectivity index (χ3v) is 4.76. The van der Waals surface area contributed by atoms with Crippen molar-refractivity contribution in [2.75, 3.05) is 4.90 Å². The Labute approximate surface area is 133 Å². The van der Waals surface area contributed by atoms with E-state index < -0.39 is 11.9 Å². The molecule has 0 bridgehead atoms. The van der Waals surface area contributed by atoms with E-state index in [2.05, 4.69) is 26.3 Å². The summed E-state index contributed by atoms with van der Waals surface area (Å²) in [6, 6.07) is 2.96. The van der Waals surface area contributed by atoms with Gasteiger partial charge in [0.05, 0.1) is 16.6 Å². The molecule has 1 fully saturated rings. The second-order valence-electron chi connectivity index (χ2n) is 5.40. The van der Waals surface area contributed by atoms with Crippen molar-refractivity contribution in [1.82, 2.24) is 15.1 Å². The first-order valence-electron chi connectivity index (χ1n) is 6.81. The number of aromatic nitrogens is 2. The highest BCUT2D eigenvalue weighted by Crippen LogP contribution is 2.41. The van der Waals surface area contributed by atoms with E-state index >= 15 is 0 Å². The molecule has 2 aliphatic heterocycles. The fourth-order valence-corrected chi connectivity index (χ4v) is 3.75. The standard InChI is InChI=1S/C14H11BrN4O3/c1-18-12-6(15)2-3-7-10(12)11(17-18)14(22)19(7)8-4-5-9(20)16-13(8)21/h2-3,8H,4-5H2,1H3,(H,16,20,21). The average Bonchev–Trinajstić information content (AvgIpc) is 2.93. The number of benzene rings is 1. The molecule has 0 spiro atoms. The largest absolute Gasteiger partial charge is 0.295 e. The van der Waals surface area contributed by atoms with Crippen LogP contribution in [0.3, 0.4) is 0 Å². The SMILES string of the molecule is Cn1nc2c3c(ccc(Br)c31)N(C1CCC(=O)NC1=O)C2=O. The zero-order valence-corrected chi connectivity index (χ0v) is 13.2. The van der Waals surface area contributed by atoms with Crippen LogP contribution in [0.4, 0.5) is 5.69 Å². The van der Waals surface area contributed by atoms with Gasteiger partial charge < -0.3 is 0 Å². The monoisotopic (exact) mass is 362 g/mol. The number of halogens is 1. The van der Waals surface area contributed by atoms with Crippen molar-refractivity contribution in [2.45, 2.75) is 18.9 Å². The summed E-state index contributed by atoms with van der Waals surface area (Å²) in [7, 11) is 1.77.